The summed E-state index contributed by atoms with van der Waals surface area (Å²) in [6.45, 7) is 5.16. The number of hydrogen-bond donors (Lipinski definition) is 2. The second kappa shape index (κ2) is 7.77. The summed E-state index contributed by atoms with van der Waals surface area (Å²) in [5, 5.41) is 6.66. The maximum Gasteiger partial charge on any atom is 0.229 e. The quantitative estimate of drug-likeness (QED) is 0.415. The van der Waals surface area contributed by atoms with E-state index in [9.17, 15) is 0 Å². The number of anilines is 2. The third-order valence-electron chi connectivity index (χ3n) is 4.88. The van der Waals surface area contributed by atoms with Crippen molar-refractivity contribution in [1.82, 2.24) is 4.98 Å². The van der Waals surface area contributed by atoms with Gasteiger partial charge in [-0.25, -0.2) is 4.98 Å². The van der Waals surface area contributed by atoms with Crippen LogP contribution in [0.25, 0.3) is 33.7 Å². The second-order valence-electron chi connectivity index (χ2n) is 7.00. The Balaban J connectivity index is 1.76. The lowest BCUT2D eigenvalue weighted by atomic mass is 10.0. The van der Waals surface area contributed by atoms with Crippen molar-refractivity contribution in [1.29, 1.82) is 0 Å². The van der Waals surface area contributed by atoms with E-state index in [4.69, 9.17) is 9.40 Å². The van der Waals surface area contributed by atoms with Crippen molar-refractivity contribution in [3.8, 4) is 22.6 Å². The van der Waals surface area contributed by atoms with Gasteiger partial charge in [-0.2, -0.15) is 0 Å². The molecule has 0 radical (unpaired) electrons. The van der Waals surface area contributed by atoms with Crippen LogP contribution in [-0.2, 0) is 0 Å². The van der Waals surface area contributed by atoms with E-state index < -0.39 is 0 Å². The predicted molar refractivity (Wildman–Crippen MR) is 118 cm³/mol. The van der Waals surface area contributed by atoms with E-state index in [1.54, 1.807) is 0 Å². The zero-order valence-corrected chi connectivity index (χ0v) is 16.5. The molecule has 2 N–H and O–H groups in total. The molecule has 0 fully saturated rings. The van der Waals surface area contributed by atoms with Crippen molar-refractivity contribution in [3.63, 3.8) is 0 Å². The maximum absolute atomic E-state index is 6.11. The van der Waals surface area contributed by atoms with E-state index in [1.807, 2.05) is 13.1 Å². The van der Waals surface area contributed by atoms with E-state index in [1.165, 1.54) is 11.1 Å². The topological polar surface area (TPSA) is 50.1 Å². The maximum atomic E-state index is 6.11. The highest BCUT2D eigenvalue weighted by molar-refractivity contribution is 5.85. The molecule has 3 aromatic carbocycles. The first-order chi connectivity index (χ1) is 13.7. The lowest BCUT2D eigenvalue weighted by Gasteiger charge is -2.11. The van der Waals surface area contributed by atoms with Gasteiger partial charge in [0.05, 0.1) is 5.56 Å². The summed E-state index contributed by atoms with van der Waals surface area (Å²) in [6.07, 6.45) is 1.06. The first kappa shape index (κ1) is 18.1. The van der Waals surface area contributed by atoms with Crippen molar-refractivity contribution in [2.45, 2.75) is 20.3 Å². The van der Waals surface area contributed by atoms with Crippen LogP contribution >= 0.6 is 0 Å². The number of nitrogens with one attached hydrogen (secondary N) is 2. The van der Waals surface area contributed by atoms with Gasteiger partial charge in [0.2, 0.25) is 5.89 Å². The number of aryl methyl sites for hydroxylation is 1. The van der Waals surface area contributed by atoms with Gasteiger partial charge in [0, 0.05) is 25.0 Å². The van der Waals surface area contributed by atoms with E-state index >= 15 is 0 Å². The first-order valence-electron chi connectivity index (χ1n) is 9.71. The number of hydrogen-bond acceptors (Lipinski definition) is 4. The number of nitrogens with zero attached hydrogens (tertiary/aromatic N) is 1. The Labute approximate surface area is 165 Å². The zero-order chi connectivity index (χ0) is 19.5. The van der Waals surface area contributed by atoms with Gasteiger partial charge >= 0.3 is 0 Å². The van der Waals surface area contributed by atoms with Crippen LogP contribution in [0.2, 0.25) is 0 Å². The molecule has 0 spiro atoms. The molecule has 4 heteroatoms. The zero-order valence-electron chi connectivity index (χ0n) is 16.5. The van der Waals surface area contributed by atoms with Gasteiger partial charge in [-0.1, -0.05) is 42.8 Å². The van der Waals surface area contributed by atoms with E-state index in [0.29, 0.717) is 5.89 Å². The van der Waals surface area contributed by atoms with Gasteiger partial charge in [0.25, 0.3) is 0 Å². The molecule has 0 unspecified atom stereocenters. The average Bonchev–Trinajstić information content (AvgIpc) is 3.16. The van der Waals surface area contributed by atoms with E-state index in [0.717, 1.165) is 46.6 Å². The van der Waals surface area contributed by atoms with Gasteiger partial charge in [-0.15, -0.1) is 0 Å². The monoisotopic (exact) mass is 371 g/mol. The summed E-state index contributed by atoms with van der Waals surface area (Å²) in [5.41, 5.74) is 8.26. The Kier molecular flexibility index (Phi) is 5.02. The highest BCUT2D eigenvalue weighted by Crippen LogP contribution is 2.34. The molecule has 0 saturated heterocycles. The molecule has 142 valence electrons. The summed E-state index contributed by atoms with van der Waals surface area (Å²) in [6, 6.07) is 20.9. The van der Waals surface area contributed by atoms with Crippen LogP contribution in [0, 0.1) is 6.92 Å². The summed E-state index contributed by atoms with van der Waals surface area (Å²) in [5.74, 6) is 0.631. The molecule has 0 bridgehead atoms. The van der Waals surface area contributed by atoms with Gasteiger partial charge in [-0.05, 0) is 54.8 Å². The summed E-state index contributed by atoms with van der Waals surface area (Å²) in [4.78, 5) is 4.80. The second-order valence-corrected chi connectivity index (χ2v) is 7.00. The van der Waals surface area contributed by atoms with Crippen molar-refractivity contribution < 1.29 is 4.42 Å². The van der Waals surface area contributed by atoms with E-state index in [2.05, 4.69) is 79.1 Å². The van der Waals surface area contributed by atoms with Crippen LogP contribution < -0.4 is 10.6 Å². The molecular weight excluding hydrogens is 346 g/mol. The van der Waals surface area contributed by atoms with Gasteiger partial charge in [0.1, 0.15) is 5.52 Å². The molecule has 0 aliphatic rings. The summed E-state index contributed by atoms with van der Waals surface area (Å²) < 4.78 is 6.11. The van der Waals surface area contributed by atoms with Gasteiger partial charge in [-0.3, -0.25) is 0 Å². The van der Waals surface area contributed by atoms with E-state index in [-0.39, 0.29) is 0 Å². The standard InChI is InChI=1S/C24H25N3O/c1-4-13-26-21-11-10-19(25-3)15-20(21)24-27-22-14-18(9-12-23(22)28-24)17-7-5-16(2)6-8-17/h5-12,14-15,25-26H,4,13H2,1-3H3. The van der Waals surface area contributed by atoms with Crippen molar-refractivity contribution in [2.24, 2.45) is 0 Å². The first-order valence-corrected chi connectivity index (χ1v) is 9.71. The molecule has 1 aromatic heterocycles. The lowest BCUT2D eigenvalue weighted by molar-refractivity contribution is 0.620. The van der Waals surface area contributed by atoms with Crippen LogP contribution in [-0.4, -0.2) is 18.6 Å². The fourth-order valence-electron chi connectivity index (χ4n) is 3.26. The number of benzene rings is 3. The number of fused-ring (bicyclic) bond motifs is 1. The molecule has 28 heavy (non-hydrogen) atoms. The van der Waals surface area contributed by atoms with Crippen LogP contribution in [0.1, 0.15) is 18.9 Å². The van der Waals surface area contributed by atoms with Crippen LogP contribution in [0.15, 0.2) is 65.1 Å². The number of rotatable bonds is 6. The van der Waals surface area contributed by atoms with Crippen molar-refractivity contribution >= 4 is 22.5 Å². The predicted octanol–water partition coefficient (Wildman–Crippen LogP) is 6.33. The van der Waals surface area contributed by atoms with Crippen molar-refractivity contribution in [3.05, 3.63) is 66.2 Å². The fourth-order valence-corrected chi connectivity index (χ4v) is 3.26. The normalized spacial score (nSPS) is 11.0. The van der Waals surface area contributed by atoms with Gasteiger partial charge in [0.15, 0.2) is 5.58 Å². The highest BCUT2D eigenvalue weighted by Gasteiger charge is 2.14. The third kappa shape index (κ3) is 3.58. The summed E-state index contributed by atoms with van der Waals surface area (Å²) in [7, 11) is 1.91. The third-order valence-corrected chi connectivity index (χ3v) is 4.88. The minimum absolute atomic E-state index is 0.631. The van der Waals surface area contributed by atoms with Crippen molar-refractivity contribution in [2.75, 3.05) is 24.2 Å². The Morgan fingerprint density at radius 1 is 0.929 bits per heavy atom. The molecule has 0 aliphatic carbocycles. The van der Waals surface area contributed by atoms with Crippen LogP contribution in [0.4, 0.5) is 11.4 Å². The Morgan fingerprint density at radius 2 is 1.71 bits per heavy atom. The molecule has 4 aromatic rings. The number of oxazole rings is 1. The molecule has 1 heterocycles. The summed E-state index contributed by atoms with van der Waals surface area (Å²) >= 11 is 0. The largest absolute Gasteiger partial charge is 0.436 e. The molecular formula is C24H25N3O. The molecule has 0 aliphatic heterocycles. The SMILES string of the molecule is CCCNc1ccc(NC)cc1-c1nc2cc(-c3ccc(C)cc3)ccc2o1. The average molecular weight is 371 g/mol. The Hall–Kier alpha value is -3.27. The fraction of sp³-hybridized carbons (Fsp3) is 0.208. The molecule has 4 nitrogen and oxygen atoms in total. The smallest absolute Gasteiger partial charge is 0.229 e. The molecule has 0 atom stereocenters. The number of aromatic nitrogens is 1. The minimum Gasteiger partial charge on any atom is -0.436 e. The highest BCUT2D eigenvalue weighted by atomic mass is 16.3. The van der Waals surface area contributed by atoms with Crippen LogP contribution in [0.3, 0.4) is 0 Å². The Bertz CT molecular complexity index is 1100. The molecule has 0 amide bonds. The van der Waals surface area contributed by atoms with Gasteiger partial charge < -0.3 is 15.1 Å². The molecule has 4 rings (SSSR count). The lowest BCUT2D eigenvalue weighted by Crippen LogP contribution is -2.02. The Morgan fingerprint density at radius 3 is 2.46 bits per heavy atom. The van der Waals surface area contributed by atoms with Crippen LogP contribution in [0.5, 0.6) is 0 Å². The minimum atomic E-state index is 0.631. The molecule has 0 saturated carbocycles.